The van der Waals surface area contributed by atoms with Gasteiger partial charge in [-0.3, -0.25) is 4.90 Å². The van der Waals surface area contributed by atoms with E-state index in [0.717, 1.165) is 25.0 Å². The van der Waals surface area contributed by atoms with E-state index in [4.69, 9.17) is 4.74 Å². The van der Waals surface area contributed by atoms with Crippen molar-refractivity contribution in [2.75, 3.05) is 19.6 Å². The number of nitrogens with zero attached hydrogens (tertiary/aromatic N) is 1. The molecule has 0 spiro atoms. The largest absolute Gasteiger partial charge is 0.374 e. The molecule has 3 aliphatic rings. The van der Waals surface area contributed by atoms with Crippen molar-refractivity contribution in [3.8, 4) is 0 Å². The van der Waals surface area contributed by atoms with Crippen molar-refractivity contribution in [2.24, 2.45) is 11.3 Å². The van der Waals surface area contributed by atoms with Crippen LogP contribution in [-0.2, 0) is 4.74 Å². The van der Waals surface area contributed by atoms with E-state index in [9.17, 15) is 0 Å². The van der Waals surface area contributed by atoms with Gasteiger partial charge in [0.2, 0.25) is 0 Å². The third kappa shape index (κ3) is 3.37. The van der Waals surface area contributed by atoms with E-state index in [1.54, 1.807) is 0 Å². The molecule has 1 aliphatic carbocycles. The topological polar surface area (TPSA) is 24.5 Å². The summed E-state index contributed by atoms with van der Waals surface area (Å²) in [7, 11) is 0. The molecule has 2 saturated heterocycles. The smallest absolute Gasteiger partial charge is 0.0706 e. The second-order valence-corrected chi connectivity index (χ2v) is 8.33. The molecule has 2 heterocycles. The summed E-state index contributed by atoms with van der Waals surface area (Å²) >= 11 is 0. The zero-order chi connectivity index (χ0) is 14.3. The Morgan fingerprint density at radius 2 is 1.90 bits per heavy atom. The van der Waals surface area contributed by atoms with Gasteiger partial charge in [0.1, 0.15) is 0 Å². The lowest BCUT2D eigenvalue weighted by molar-refractivity contribution is -0.0131. The van der Waals surface area contributed by atoms with Crippen molar-refractivity contribution in [3.63, 3.8) is 0 Å². The van der Waals surface area contributed by atoms with E-state index in [1.807, 2.05) is 0 Å². The van der Waals surface area contributed by atoms with Gasteiger partial charge < -0.3 is 10.1 Å². The van der Waals surface area contributed by atoms with Crippen LogP contribution < -0.4 is 5.32 Å². The first kappa shape index (κ1) is 14.8. The van der Waals surface area contributed by atoms with E-state index < -0.39 is 0 Å². The van der Waals surface area contributed by atoms with Crippen molar-refractivity contribution in [1.29, 1.82) is 0 Å². The van der Waals surface area contributed by atoms with Gasteiger partial charge in [-0.2, -0.15) is 0 Å². The third-order valence-corrected chi connectivity index (χ3v) is 5.39. The number of rotatable bonds is 3. The van der Waals surface area contributed by atoms with Gasteiger partial charge in [-0.1, -0.05) is 20.8 Å². The maximum atomic E-state index is 6.07. The fourth-order valence-electron chi connectivity index (χ4n) is 3.99. The molecule has 0 aromatic rings. The van der Waals surface area contributed by atoms with E-state index in [0.29, 0.717) is 23.7 Å². The van der Waals surface area contributed by atoms with Crippen LogP contribution in [0.1, 0.15) is 53.4 Å². The Morgan fingerprint density at radius 3 is 2.45 bits per heavy atom. The number of hydrogen-bond acceptors (Lipinski definition) is 3. The SMILES string of the molecule is CC1CCC(CN2CC(C3CC3)NCC2C(C)(C)C)O1. The lowest BCUT2D eigenvalue weighted by atomic mass is 9.83. The molecule has 0 bridgehead atoms. The molecule has 1 N–H and O–H groups in total. The first-order chi connectivity index (χ1) is 9.43. The quantitative estimate of drug-likeness (QED) is 0.860. The molecule has 116 valence electrons. The summed E-state index contributed by atoms with van der Waals surface area (Å²) in [6.07, 6.45) is 6.28. The molecule has 0 aromatic carbocycles. The molecule has 3 rings (SSSR count). The predicted molar refractivity (Wildman–Crippen MR) is 82.9 cm³/mol. The lowest BCUT2D eigenvalue weighted by Gasteiger charge is -2.47. The van der Waals surface area contributed by atoms with Crippen LogP contribution in [0.3, 0.4) is 0 Å². The van der Waals surface area contributed by atoms with E-state index in [1.165, 1.54) is 32.2 Å². The normalized spacial score (nSPS) is 40.2. The summed E-state index contributed by atoms with van der Waals surface area (Å²) in [6, 6.07) is 1.37. The molecule has 4 unspecified atom stereocenters. The van der Waals surface area contributed by atoms with Gasteiger partial charge in [0.25, 0.3) is 0 Å². The molecule has 0 aromatic heterocycles. The van der Waals surface area contributed by atoms with Gasteiger partial charge in [-0.15, -0.1) is 0 Å². The average Bonchev–Trinajstić information content (AvgIpc) is 3.13. The van der Waals surface area contributed by atoms with Crippen LogP contribution in [0.2, 0.25) is 0 Å². The zero-order valence-corrected chi connectivity index (χ0v) is 13.7. The minimum absolute atomic E-state index is 0.339. The fourth-order valence-corrected chi connectivity index (χ4v) is 3.99. The number of hydrogen-bond donors (Lipinski definition) is 1. The van der Waals surface area contributed by atoms with E-state index in [-0.39, 0.29) is 0 Å². The van der Waals surface area contributed by atoms with Crippen molar-refractivity contribution >= 4 is 0 Å². The fraction of sp³-hybridized carbons (Fsp3) is 1.00. The van der Waals surface area contributed by atoms with Crippen molar-refractivity contribution in [2.45, 2.75) is 77.7 Å². The maximum absolute atomic E-state index is 6.07. The molecular weight excluding hydrogens is 248 g/mol. The van der Waals surface area contributed by atoms with Crippen LogP contribution in [0.15, 0.2) is 0 Å². The summed E-state index contributed by atoms with van der Waals surface area (Å²) in [5, 5.41) is 3.82. The van der Waals surface area contributed by atoms with Crippen LogP contribution in [0.4, 0.5) is 0 Å². The molecule has 1 saturated carbocycles. The van der Waals surface area contributed by atoms with Crippen molar-refractivity contribution < 1.29 is 4.74 Å². The number of nitrogens with one attached hydrogen (secondary N) is 1. The Hall–Kier alpha value is -0.120. The second-order valence-electron chi connectivity index (χ2n) is 8.33. The standard InChI is InChI=1S/C17H32N2O/c1-12-5-8-14(20-12)10-19-11-15(13-6-7-13)18-9-16(19)17(2,3)4/h12-16,18H,5-11H2,1-4H3. The van der Waals surface area contributed by atoms with Gasteiger partial charge in [0.15, 0.2) is 0 Å². The van der Waals surface area contributed by atoms with Gasteiger partial charge in [0, 0.05) is 31.7 Å². The predicted octanol–water partition coefficient (Wildman–Crippen LogP) is 2.65. The summed E-state index contributed by atoms with van der Waals surface area (Å²) in [5.41, 5.74) is 0.339. The second kappa shape index (κ2) is 5.58. The highest BCUT2D eigenvalue weighted by Crippen LogP contribution is 2.36. The van der Waals surface area contributed by atoms with E-state index >= 15 is 0 Å². The summed E-state index contributed by atoms with van der Waals surface area (Å²) in [4.78, 5) is 2.74. The summed E-state index contributed by atoms with van der Waals surface area (Å²) in [5.74, 6) is 0.946. The number of ether oxygens (including phenoxy) is 1. The van der Waals surface area contributed by atoms with Crippen molar-refractivity contribution in [3.05, 3.63) is 0 Å². The zero-order valence-electron chi connectivity index (χ0n) is 13.7. The average molecular weight is 280 g/mol. The summed E-state index contributed by atoms with van der Waals surface area (Å²) in [6.45, 7) is 12.8. The maximum Gasteiger partial charge on any atom is 0.0706 e. The van der Waals surface area contributed by atoms with Crippen LogP contribution in [0, 0.1) is 11.3 Å². The molecule has 2 aliphatic heterocycles. The van der Waals surface area contributed by atoms with Gasteiger partial charge in [0.05, 0.1) is 12.2 Å². The van der Waals surface area contributed by atoms with Gasteiger partial charge >= 0.3 is 0 Å². The monoisotopic (exact) mass is 280 g/mol. The van der Waals surface area contributed by atoms with Crippen LogP contribution in [0.5, 0.6) is 0 Å². The molecule has 3 nitrogen and oxygen atoms in total. The van der Waals surface area contributed by atoms with Crippen LogP contribution in [-0.4, -0.2) is 48.8 Å². The molecule has 3 heteroatoms. The van der Waals surface area contributed by atoms with E-state index in [2.05, 4.69) is 37.9 Å². The van der Waals surface area contributed by atoms with Crippen LogP contribution in [0.25, 0.3) is 0 Å². The molecule has 3 fully saturated rings. The molecular formula is C17H32N2O. The molecule has 20 heavy (non-hydrogen) atoms. The first-order valence-corrected chi connectivity index (χ1v) is 8.56. The lowest BCUT2D eigenvalue weighted by Crippen LogP contribution is -2.62. The number of piperazine rings is 1. The van der Waals surface area contributed by atoms with Gasteiger partial charge in [-0.25, -0.2) is 0 Å². The molecule has 0 amide bonds. The Balaban J connectivity index is 1.64. The van der Waals surface area contributed by atoms with Crippen LogP contribution >= 0.6 is 0 Å². The van der Waals surface area contributed by atoms with Crippen molar-refractivity contribution in [1.82, 2.24) is 10.2 Å². The highest BCUT2D eigenvalue weighted by Gasteiger charge is 2.41. The molecule has 4 atom stereocenters. The first-order valence-electron chi connectivity index (χ1n) is 8.56. The third-order valence-electron chi connectivity index (χ3n) is 5.39. The Kier molecular flexibility index (Phi) is 4.13. The van der Waals surface area contributed by atoms with Gasteiger partial charge in [-0.05, 0) is 43.9 Å². The highest BCUT2D eigenvalue weighted by atomic mass is 16.5. The Labute approximate surface area is 124 Å². The Bertz CT molecular complexity index is 334. The molecule has 0 radical (unpaired) electrons. The highest BCUT2D eigenvalue weighted by molar-refractivity contribution is 4.98. The Morgan fingerprint density at radius 1 is 1.15 bits per heavy atom. The summed E-state index contributed by atoms with van der Waals surface area (Å²) < 4.78 is 6.07. The minimum Gasteiger partial charge on any atom is -0.374 e. The minimum atomic E-state index is 0.339.